The van der Waals surface area contributed by atoms with E-state index in [1.807, 2.05) is 0 Å². The minimum Gasteiger partial charge on any atom is -0.304 e. The number of hydrogen-bond donors (Lipinski definition) is 0. The predicted octanol–water partition coefficient (Wildman–Crippen LogP) is 1.45. The molecule has 0 aromatic heterocycles. The first-order valence-electron chi connectivity index (χ1n) is 6.40. The zero-order chi connectivity index (χ0) is 10.3. The van der Waals surface area contributed by atoms with E-state index in [0.717, 1.165) is 17.8 Å². The number of allylic oxidation sites excluding steroid dienone is 2. The van der Waals surface area contributed by atoms with Crippen molar-refractivity contribution in [2.45, 2.75) is 12.8 Å². The Morgan fingerprint density at radius 1 is 1.07 bits per heavy atom. The van der Waals surface area contributed by atoms with Gasteiger partial charge in [0.1, 0.15) is 0 Å². The highest BCUT2D eigenvalue weighted by molar-refractivity contribution is 5.10. The number of hydrogen-bond acceptors (Lipinski definition) is 2. The van der Waals surface area contributed by atoms with E-state index in [1.165, 1.54) is 45.6 Å². The maximum Gasteiger partial charge on any atom is 0.0110 e. The molecule has 3 rings (SSSR count). The highest BCUT2D eigenvalue weighted by Gasteiger charge is 2.36. The van der Waals surface area contributed by atoms with Gasteiger partial charge < -0.3 is 9.80 Å². The summed E-state index contributed by atoms with van der Waals surface area (Å²) in [5, 5.41) is 0. The summed E-state index contributed by atoms with van der Waals surface area (Å²) in [6, 6.07) is 0. The summed E-state index contributed by atoms with van der Waals surface area (Å²) in [6.45, 7) is 6.45. The Hall–Kier alpha value is -0.340. The Balaban J connectivity index is 1.51. The molecule has 1 saturated heterocycles. The molecule has 1 heterocycles. The van der Waals surface area contributed by atoms with Gasteiger partial charge in [-0.1, -0.05) is 12.2 Å². The van der Waals surface area contributed by atoms with Crippen LogP contribution >= 0.6 is 0 Å². The summed E-state index contributed by atoms with van der Waals surface area (Å²) in [6.07, 6.45) is 7.85. The normalized spacial score (nSPS) is 41.5. The minimum absolute atomic E-state index is 0.926. The Morgan fingerprint density at radius 3 is 2.47 bits per heavy atom. The van der Waals surface area contributed by atoms with Crippen molar-refractivity contribution in [3.63, 3.8) is 0 Å². The maximum absolute atomic E-state index is 2.68. The molecule has 0 N–H and O–H groups in total. The molecule has 0 spiro atoms. The van der Waals surface area contributed by atoms with E-state index in [9.17, 15) is 0 Å². The fraction of sp³-hybridized carbons (Fsp3) is 0.846. The van der Waals surface area contributed by atoms with Gasteiger partial charge in [0.25, 0.3) is 0 Å². The van der Waals surface area contributed by atoms with E-state index in [0.29, 0.717) is 0 Å². The third kappa shape index (κ3) is 1.98. The molecule has 1 saturated carbocycles. The van der Waals surface area contributed by atoms with Gasteiger partial charge in [0.2, 0.25) is 0 Å². The number of rotatable bonds is 2. The second-order valence-corrected chi connectivity index (χ2v) is 5.64. The molecule has 2 aliphatic carbocycles. The molecular weight excluding hydrogens is 184 g/mol. The summed E-state index contributed by atoms with van der Waals surface area (Å²) in [5.41, 5.74) is 0. The average Bonchev–Trinajstić information content (AvgIpc) is 2.83. The monoisotopic (exact) mass is 206 g/mol. The van der Waals surface area contributed by atoms with Crippen LogP contribution in [-0.4, -0.2) is 49.6 Å². The number of nitrogens with zero attached hydrogens (tertiary/aromatic N) is 2. The van der Waals surface area contributed by atoms with Crippen LogP contribution in [0.3, 0.4) is 0 Å². The van der Waals surface area contributed by atoms with Gasteiger partial charge in [0.05, 0.1) is 0 Å². The first-order valence-corrected chi connectivity index (χ1v) is 6.40. The fourth-order valence-electron chi connectivity index (χ4n) is 3.47. The van der Waals surface area contributed by atoms with Gasteiger partial charge in [0, 0.05) is 32.7 Å². The van der Waals surface area contributed by atoms with Gasteiger partial charge in [-0.25, -0.2) is 0 Å². The predicted molar refractivity (Wildman–Crippen MR) is 62.8 cm³/mol. The van der Waals surface area contributed by atoms with Crippen molar-refractivity contribution >= 4 is 0 Å². The standard InChI is InChI=1S/C13H22N2/c1-14-4-6-15(7-5-14)10-13-9-11-2-3-12(13)8-11/h2-3,11-13H,4-10H2,1H3/t11-,12+,13+/m0/s1. The van der Waals surface area contributed by atoms with Gasteiger partial charge in [-0.2, -0.15) is 0 Å². The van der Waals surface area contributed by atoms with Crippen LogP contribution in [0.4, 0.5) is 0 Å². The van der Waals surface area contributed by atoms with Crippen molar-refractivity contribution < 1.29 is 0 Å². The molecule has 2 fully saturated rings. The molecular formula is C13H22N2. The number of piperazine rings is 1. The number of fused-ring (bicyclic) bond motifs is 2. The van der Waals surface area contributed by atoms with Crippen LogP contribution in [-0.2, 0) is 0 Å². The first-order chi connectivity index (χ1) is 7.31. The Morgan fingerprint density at radius 2 is 1.87 bits per heavy atom. The zero-order valence-electron chi connectivity index (χ0n) is 9.73. The van der Waals surface area contributed by atoms with Crippen molar-refractivity contribution in [1.29, 1.82) is 0 Å². The summed E-state index contributed by atoms with van der Waals surface area (Å²) in [7, 11) is 2.23. The van der Waals surface area contributed by atoms with Gasteiger partial charge in [-0.15, -0.1) is 0 Å². The van der Waals surface area contributed by atoms with Crippen LogP contribution in [0.2, 0.25) is 0 Å². The lowest BCUT2D eigenvalue weighted by Gasteiger charge is -2.35. The summed E-state index contributed by atoms with van der Waals surface area (Å²) >= 11 is 0. The van der Waals surface area contributed by atoms with Crippen LogP contribution in [0, 0.1) is 17.8 Å². The quantitative estimate of drug-likeness (QED) is 0.631. The van der Waals surface area contributed by atoms with E-state index in [-0.39, 0.29) is 0 Å². The highest BCUT2D eigenvalue weighted by Crippen LogP contribution is 2.43. The van der Waals surface area contributed by atoms with E-state index in [4.69, 9.17) is 0 Å². The van der Waals surface area contributed by atoms with Crippen LogP contribution < -0.4 is 0 Å². The largest absolute Gasteiger partial charge is 0.304 e. The van der Waals surface area contributed by atoms with E-state index in [1.54, 1.807) is 0 Å². The molecule has 1 aliphatic heterocycles. The molecule has 3 atom stereocenters. The third-order valence-corrected chi connectivity index (χ3v) is 4.50. The van der Waals surface area contributed by atoms with E-state index in [2.05, 4.69) is 29.0 Å². The second kappa shape index (κ2) is 3.91. The zero-order valence-corrected chi connectivity index (χ0v) is 9.73. The third-order valence-electron chi connectivity index (χ3n) is 4.50. The van der Waals surface area contributed by atoms with Crippen LogP contribution in [0.1, 0.15) is 12.8 Å². The molecule has 15 heavy (non-hydrogen) atoms. The Bertz CT molecular complexity index is 253. The molecule has 2 heteroatoms. The smallest absolute Gasteiger partial charge is 0.0110 e. The topological polar surface area (TPSA) is 6.48 Å². The van der Waals surface area contributed by atoms with Gasteiger partial charge in [-0.3, -0.25) is 0 Å². The van der Waals surface area contributed by atoms with Crippen molar-refractivity contribution in [3.8, 4) is 0 Å². The van der Waals surface area contributed by atoms with Gasteiger partial charge in [0.15, 0.2) is 0 Å². The molecule has 2 nitrogen and oxygen atoms in total. The van der Waals surface area contributed by atoms with Gasteiger partial charge >= 0.3 is 0 Å². The lowest BCUT2D eigenvalue weighted by Crippen LogP contribution is -2.46. The highest BCUT2D eigenvalue weighted by atomic mass is 15.2. The molecule has 0 aromatic carbocycles. The van der Waals surface area contributed by atoms with Gasteiger partial charge in [-0.05, 0) is 37.6 Å². The lowest BCUT2D eigenvalue weighted by molar-refractivity contribution is 0.130. The summed E-state index contributed by atoms with van der Waals surface area (Å²) in [5.74, 6) is 2.84. The SMILES string of the molecule is CN1CCN(C[C@H]2C[C@H]3C=C[C@@H]2C3)CC1. The van der Waals surface area contributed by atoms with Crippen molar-refractivity contribution in [3.05, 3.63) is 12.2 Å². The maximum atomic E-state index is 2.68. The Kier molecular flexibility index (Phi) is 2.57. The Labute approximate surface area is 92.9 Å². The van der Waals surface area contributed by atoms with E-state index < -0.39 is 0 Å². The lowest BCUT2D eigenvalue weighted by atomic mass is 9.93. The van der Waals surface area contributed by atoms with E-state index >= 15 is 0 Å². The molecule has 3 aliphatic rings. The molecule has 0 radical (unpaired) electrons. The van der Waals surface area contributed by atoms with Crippen LogP contribution in [0.15, 0.2) is 12.2 Å². The molecule has 0 unspecified atom stereocenters. The second-order valence-electron chi connectivity index (χ2n) is 5.64. The molecule has 2 bridgehead atoms. The molecule has 0 amide bonds. The van der Waals surface area contributed by atoms with Crippen LogP contribution in [0.25, 0.3) is 0 Å². The summed E-state index contributed by atoms with van der Waals surface area (Å²) < 4.78 is 0. The van der Waals surface area contributed by atoms with Crippen molar-refractivity contribution in [2.75, 3.05) is 39.8 Å². The van der Waals surface area contributed by atoms with Crippen molar-refractivity contribution in [2.24, 2.45) is 17.8 Å². The summed E-state index contributed by atoms with van der Waals surface area (Å²) in [4.78, 5) is 5.12. The van der Waals surface area contributed by atoms with Crippen molar-refractivity contribution in [1.82, 2.24) is 9.80 Å². The van der Waals surface area contributed by atoms with Crippen LogP contribution in [0.5, 0.6) is 0 Å². The number of likely N-dealkylation sites (N-methyl/N-ethyl adjacent to an activating group) is 1. The fourth-order valence-corrected chi connectivity index (χ4v) is 3.47. The molecule has 84 valence electrons. The first kappa shape index (κ1) is 9.86. The minimum atomic E-state index is 0.926. The molecule has 0 aromatic rings. The average molecular weight is 206 g/mol.